The average Bonchev–Trinajstić information content (AvgIpc) is 3.01. The SMILES string of the molecule is CS(=O)(=O)N(CCc1cccc(Cl)c1)CC(=O)N1CCc2ccccc21. The first-order chi connectivity index (χ1) is 12.3. The topological polar surface area (TPSA) is 57.7 Å². The lowest BCUT2D eigenvalue weighted by Crippen LogP contribution is -2.42. The van der Waals surface area contributed by atoms with Crippen LogP contribution < -0.4 is 4.90 Å². The van der Waals surface area contributed by atoms with Gasteiger partial charge in [-0.15, -0.1) is 0 Å². The quantitative estimate of drug-likeness (QED) is 0.759. The predicted molar refractivity (Wildman–Crippen MR) is 104 cm³/mol. The fourth-order valence-electron chi connectivity index (χ4n) is 3.14. The number of hydrogen-bond acceptors (Lipinski definition) is 3. The molecule has 5 nitrogen and oxygen atoms in total. The van der Waals surface area contributed by atoms with Gasteiger partial charge < -0.3 is 4.90 Å². The van der Waals surface area contributed by atoms with Gasteiger partial charge in [0.15, 0.2) is 0 Å². The van der Waals surface area contributed by atoms with Crippen molar-refractivity contribution in [1.29, 1.82) is 0 Å². The summed E-state index contributed by atoms with van der Waals surface area (Å²) < 4.78 is 25.5. The molecule has 7 heteroatoms. The first kappa shape index (κ1) is 18.9. The van der Waals surface area contributed by atoms with E-state index >= 15 is 0 Å². The molecule has 0 aliphatic carbocycles. The molecular formula is C19H21ClN2O3S. The van der Waals surface area contributed by atoms with Gasteiger partial charge in [-0.05, 0) is 42.2 Å². The average molecular weight is 393 g/mol. The zero-order valence-corrected chi connectivity index (χ0v) is 16.1. The highest BCUT2D eigenvalue weighted by Gasteiger charge is 2.28. The van der Waals surface area contributed by atoms with Crippen molar-refractivity contribution < 1.29 is 13.2 Å². The monoisotopic (exact) mass is 392 g/mol. The second-order valence-corrected chi connectivity index (χ2v) is 8.82. The van der Waals surface area contributed by atoms with Crippen LogP contribution in [-0.2, 0) is 27.7 Å². The van der Waals surface area contributed by atoms with Crippen molar-refractivity contribution in [2.24, 2.45) is 0 Å². The van der Waals surface area contributed by atoms with Crippen LogP contribution in [0.5, 0.6) is 0 Å². The third kappa shape index (κ3) is 4.44. The van der Waals surface area contributed by atoms with Gasteiger partial charge in [-0.2, -0.15) is 4.31 Å². The number of amides is 1. The summed E-state index contributed by atoms with van der Waals surface area (Å²) in [6.45, 7) is 0.665. The molecular weight excluding hydrogens is 372 g/mol. The van der Waals surface area contributed by atoms with E-state index in [1.165, 1.54) is 4.31 Å². The summed E-state index contributed by atoms with van der Waals surface area (Å²) in [6, 6.07) is 15.0. The zero-order chi connectivity index (χ0) is 18.7. The molecule has 2 aromatic rings. The minimum Gasteiger partial charge on any atom is -0.311 e. The van der Waals surface area contributed by atoms with E-state index in [4.69, 9.17) is 11.6 Å². The van der Waals surface area contributed by atoms with Crippen LogP contribution in [0.3, 0.4) is 0 Å². The van der Waals surface area contributed by atoms with Crippen molar-refractivity contribution in [2.75, 3.05) is 30.8 Å². The van der Waals surface area contributed by atoms with Gasteiger partial charge in [0.25, 0.3) is 0 Å². The molecule has 0 radical (unpaired) electrons. The van der Waals surface area contributed by atoms with Crippen LogP contribution in [0.15, 0.2) is 48.5 Å². The molecule has 0 fully saturated rings. The van der Waals surface area contributed by atoms with Crippen LogP contribution in [0.4, 0.5) is 5.69 Å². The fourth-order valence-corrected chi connectivity index (χ4v) is 4.12. The second kappa shape index (κ2) is 7.78. The zero-order valence-electron chi connectivity index (χ0n) is 14.6. The van der Waals surface area contributed by atoms with E-state index in [-0.39, 0.29) is 19.0 Å². The number of benzene rings is 2. The summed E-state index contributed by atoms with van der Waals surface area (Å²) >= 11 is 5.98. The van der Waals surface area contributed by atoms with Crippen molar-refractivity contribution in [3.8, 4) is 0 Å². The number of fused-ring (bicyclic) bond motifs is 1. The Balaban J connectivity index is 1.70. The highest BCUT2D eigenvalue weighted by atomic mass is 35.5. The molecule has 0 bridgehead atoms. The van der Waals surface area contributed by atoms with Crippen molar-refractivity contribution in [3.63, 3.8) is 0 Å². The number of hydrogen-bond donors (Lipinski definition) is 0. The lowest BCUT2D eigenvalue weighted by atomic mass is 10.1. The van der Waals surface area contributed by atoms with Crippen LogP contribution >= 0.6 is 11.6 Å². The number of carbonyl (C=O) groups is 1. The molecule has 0 aromatic heterocycles. The van der Waals surface area contributed by atoms with Crippen molar-refractivity contribution in [3.05, 3.63) is 64.7 Å². The smallest absolute Gasteiger partial charge is 0.242 e. The van der Waals surface area contributed by atoms with Crippen molar-refractivity contribution in [2.45, 2.75) is 12.8 Å². The molecule has 0 spiro atoms. The Morgan fingerprint density at radius 2 is 1.96 bits per heavy atom. The fraction of sp³-hybridized carbons (Fsp3) is 0.316. The van der Waals surface area contributed by atoms with Gasteiger partial charge in [0.1, 0.15) is 0 Å². The van der Waals surface area contributed by atoms with Gasteiger partial charge in [0.05, 0.1) is 12.8 Å². The third-order valence-electron chi connectivity index (χ3n) is 4.51. The predicted octanol–water partition coefficient (Wildman–Crippen LogP) is 2.73. The van der Waals surface area contributed by atoms with Gasteiger partial charge >= 0.3 is 0 Å². The number of nitrogens with zero attached hydrogens (tertiary/aromatic N) is 2. The Morgan fingerprint density at radius 1 is 1.19 bits per heavy atom. The largest absolute Gasteiger partial charge is 0.311 e. The molecule has 0 unspecified atom stereocenters. The van der Waals surface area contributed by atoms with E-state index in [0.29, 0.717) is 18.0 Å². The van der Waals surface area contributed by atoms with E-state index in [9.17, 15) is 13.2 Å². The molecule has 3 rings (SSSR count). The summed E-state index contributed by atoms with van der Waals surface area (Å²) in [5.74, 6) is -0.202. The highest BCUT2D eigenvalue weighted by Crippen LogP contribution is 2.27. The van der Waals surface area contributed by atoms with Gasteiger partial charge in [0.2, 0.25) is 15.9 Å². The van der Waals surface area contributed by atoms with Crippen molar-refractivity contribution >= 4 is 33.2 Å². The lowest BCUT2D eigenvalue weighted by Gasteiger charge is -2.23. The summed E-state index contributed by atoms with van der Waals surface area (Å²) in [7, 11) is -3.49. The Hall–Kier alpha value is -1.89. The summed E-state index contributed by atoms with van der Waals surface area (Å²) in [5.41, 5.74) is 2.93. The van der Waals surface area contributed by atoms with Crippen LogP contribution in [0.1, 0.15) is 11.1 Å². The van der Waals surface area contributed by atoms with Gasteiger partial charge in [0, 0.05) is 23.8 Å². The van der Waals surface area contributed by atoms with Gasteiger partial charge in [-0.3, -0.25) is 4.79 Å². The molecule has 1 aliphatic heterocycles. The maximum atomic E-state index is 12.7. The number of halogens is 1. The summed E-state index contributed by atoms with van der Waals surface area (Å²) in [5, 5.41) is 0.609. The number of anilines is 1. The first-order valence-electron chi connectivity index (χ1n) is 8.42. The Kier molecular flexibility index (Phi) is 5.65. The minimum absolute atomic E-state index is 0.159. The van der Waals surface area contributed by atoms with Crippen LogP contribution in [0.2, 0.25) is 5.02 Å². The molecule has 26 heavy (non-hydrogen) atoms. The van der Waals surface area contributed by atoms with Crippen LogP contribution in [0.25, 0.3) is 0 Å². The number of carbonyl (C=O) groups excluding carboxylic acids is 1. The normalized spacial score (nSPS) is 13.9. The Bertz CT molecular complexity index is 915. The lowest BCUT2D eigenvalue weighted by molar-refractivity contribution is -0.118. The second-order valence-electron chi connectivity index (χ2n) is 6.40. The molecule has 0 saturated heterocycles. The van der Waals surface area contributed by atoms with Gasteiger partial charge in [-0.25, -0.2) is 8.42 Å². The molecule has 0 N–H and O–H groups in total. The minimum atomic E-state index is -3.49. The molecule has 2 aromatic carbocycles. The van der Waals surface area contributed by atoms with E-state index in [2.05, 4.69) is 0 Å². The molecule has 1 heterocycles. The Labute approximate surface area is 159 Å². The maximum absolute atomic E-state index is 12.7. The number of rotatable bonds is 6. The molecule has 0 atom stereocenters. The van der Waals surface area contributed by atoms with Crippen LogP contribution in [-0.4, -0.2) is 44.5 Å². The Morgan fingerprint density at radius 3 is 2.69 bits per heavy atom. The molecule has 138 valence electrons. The van der Waals surface area contributed by atoms with Crippen molar-refractivity contribution in [1.82, 2.24) is 4.31 Å². The molecule has 0 saturated carbocycles. The molecule has 1 aliphatic rings. The number of sulfonamides is 1. The van der Waals surface area contributed by atoms with E-state index in [1.54, 1.807) is 17.0 Å². The van der Waals surface area contributed by atoms with Gasteiger partial charge in [-0.1, -0.05) is 41.9 Å². The summed E-state index contributed by atoms with van der Waals surface area (Å²) in [6.07, 6.45) is 2.43. The first-order valence-corrected chi connectivity index (χ1v) is 10.6. The number of para-hydroxylation sites is 1. The maximum Gasteiger partial charge on any atom is 0.242 e. The summed E-state index contributed by atoms with van der Waals surface area (Å²) in [4.78, 5) is 14.4. The van der Waals surface area contributed by atoms with Crippen LogP contribution in [0, 0.1) is 0 Å². The van der Waals surface area contributed by atoms with E-state index < -0.39 is 10.0 Å². The standard InChI is InChI=1S/C19H21ClN2O3S/c1-26(24,25)21(11-9-15-5-4-7-17(20)13-15)14-19(23)22-12-10-16-6-2-3-8-18(16)22/h2-8,13H,9-12,14H2,1H3. The molecule has 1 amide bonds. The highest BCUT2D eigenvalue weighted by molar-refractivity contribution is 7.88. The third-order valence-corrected chi connectivity index (χ3v) is 5.99. The van der Waals surface area contributed by atoms with E-state index in [1.807, 2.05) is 36.4 Å². The van der Waals surface area contributed by atoms with E-state index in [0.717, 1.165) is 29.5 Å².